The fourth-order valence-electron chi connectivity index (χ4n) is 2.88. The normalized spacial score (nSPS) is 15.9. The number of carbonyl (C=O) groups is 1. The summed E-state index contributed by atoms with van der Waals surface area (Å²) >= 11 is 4.31. The number of nitrogens with zero attached hydrogens (tertiary/aromatic N) is 3. The number of benzene rings is 1. The Balaban J connectivity index is 1.45. The van der Waals surface area contributed by atoms with Crippen LogP contribution in [0.4, 0.5) is 5.13 Å². The van der Waals surface area contributed by atoms with E-state index >= 15 is 0 Å². The Morgan fingerprint density at radius 3 is 3.04 bits per heavy atom. The molecular formula is C18H18N4O2S3. The number of thiazole rings is 1. The lowest BCUT2D eigenvalue weighted by Crippen LogP contribution is -2.23. The molecule has 0 saturated carbocycles. The fraction of sp³-hybridized carbons (Fsp3) is 0.333. The Hall–Kier alpha value is -1.84. The molecule has 0 spiro atoms. The molecule has 0 radical (unpaired) electrons. The fourth-order valence-corrected chi connectivity index (χ4v) is 5.79. The number of amides is 1. The van der Waals surface area contributed by atoms with Gasteiger partial charge < -0.3 is 5.32 Å². The Kier molecular flexibility index (Phi) is 5.00. The van der Waals surface area contributed by atoms with Crippen LogP contribution in [0.15, 0.2) is 33.0 Å². The van der Waals surface area contributed by atoms with E-state index in [1.54, 1.807) is 18.8 Å². The summed E-state index contributed by atoms with van der Waals surface area (Å²) in [5, 5.41) is 4.37. The second kappa shape index (κ2) is 7.29. The van der Waals surface area contributed by atoms with Crippen LogP contribution in [0.25, 0.3) is 10.2 Å². The zero-order chi connectivity index (χ0) is 19.1. The lowest BCUT2D eigenvalue weighted by Gasteiger charge is -2.08. The van der Waals surface area contributed by atoms with Gasteiger partial charge in [-0.05, 0) is 24.6 Å². The van der Waals surface area contributed by atoms with Crippen LogP contribution in [-0.2, 0) is 18.3 Å². The molecule has 4 rings (SSSR count). The molecule has 1 aliphatic rings. The molecule has 3 heterocycles. The first-order chi connectivity index (χ1) is 12.9. The van der Waals surface area contributed by atoms with Crippen molar-refractivity contribution < 1.29 is 4.79 Å². The number of nitrogens with one attached hydrogen (secondary N) is 1. The molecule has 0 aliphatic carbocycles. The predicted molar refractivity (Wildman–Crippen MR) is 112 cm³/mol. The van der Waals surface area contributed by atoms with Gasteiger partial charge in [-0.25, -0.2) is 9.97 Å². The molecule has 1 amide bonds. The molecule has 6 nitrogen and oxygen atoms in total. The van der Waals surface area contributed by atoms with E-state index in [1.807, 2.05) is 19.1 Å². The molecular weight excluding hydrogens is 400 g/mol. The molecule has 140 valence electrons. The topological polar surface area (TPSA) is 76.9 Å². The first kappa shape index (κ1) is 18.5. The van der Waals surface area contributed by atoms with Gasteiger partial charge in [0.2, 0.25) is 5.91 Å². The van der Waals surface area contributed by atoms with Crippen LogP contribution in [0.3, 0.4) is 0 Å². The third-order valence-electron chi connectivity index (χ3n) is 4.20. The smallest absolute Gasteiger partial charge is 0.267 e. The summed E-state index contributed by atoms with van der Waals surface area (Å²) in [7, 11) is 1.70. The second-order valence-electron chi connectivity index (χ2n) is 6.49. The highest BCUT2D eigenvalue weighted by Crippen LogP contribution is 2.34. The van der Waals surface area contributed by atoms with Crippen molar-refractivity contribution in [3.8, 4) is 0 Å². The van der Waals surface area contributed by atoms with Gasteiger partial charge in [-0.15, -0.1) is 11.8 Å². The molecule has 27 heavy (non-hydrogen) atoms. The van der Waals surface area contributed by atoms with Gasteiger partial charge in [0, 0.05) is 18.7 Å². The number of rotatable bonds is 4. The van der Waals surface area contributed by atoms with Crippen molar-refractivity contribution in [1.82, 2.24) is 14.5 Å². The van der Waals surface area contributed by atoms with Crippen LogP contribution in [0, 0.1) is 6.92 Å². The first-order valence-corrected chi connectivity index (χ1v) is 11.2. The largest absolute Gasteiger partial charge is 0.301 e. The van der Waals surface area contributed by atoms with Gasteiger partial charge in [-0.3, -0.25) is 14.2 Å². The number of hydrogen-bond acceptors (Lipinski definition) is 7. The number of aryl methyl sites for hydroxylation is 1. The maximum Gasteiger partial charge on any atom is 0.267 e. The molecule has 0 fully saturated rings. The summed E-state index contributed by atoms with van der Waals surface area (Å²) in [5.74, 6) is 0.0183. The molecule has 3 aromatic rings. The lowest BCUT2D eigenvalue weighted by molar-refractivity contribution is -0.113. The summed E-state index contributed by atoms with van der Waals surface area (Å²) in [4.78, 5) is 34.6. The molecule has 1 atom stereocenters. The van der Waals surface area contributed by atoms with Crippen molar-refractivity contribution in [3.63, 3.8) is 0 Å². The number of carbonyl (C=O) groups excluding carboxylic acids is 1. The minimum atomic E-state index is -0.159. The lowest BCUT2D eigenvalue weighted by atomic mass is 10.2. The molecule has 9 heteroatoms. The van der Waals surface area contributed by atoms with Crippen LogP contribution >= 0.6 is 34.9 Å². The third-order valence-corrected chi connectivity index (χ3v) is 7.38. The summed E-state index contributed by atoms with van der Waals surface area (Å²) in [6.45, 7) is 4.12. The van der Waals surface area contributed by atoms with Gasteiger partial charge in [-0.1, -0.05) is 36.1 Å². The Morgan fingerprint density at radius 2 is 2.22 bits per heavy atom. The van der Waals surface area contributed by atoms with Gasteiger partial charge in [0.1, 0.15) is 0 Å². The second-order valence-corrected chi connectivity index (χ2v) is 9.92. The molecule has 1 N–H and O–H groups in total. The SMILES string of the molecule is Cc1ccc2nc(NC(=O)CSc3nc4c(c(=O)n3C)S[C@@H](C)C4)sc2c1. The van der Waals surface area contributed by atoms with Gasteiger partial charge in [0.25, 0.3) is 5.56 Å². The van der Waals surface area contributed by atoms with Crippen LogP contribution < -0.4 is 10.9 Å². The maximum absolute atomic E-state index is 12.5. The monoisotopic (exact) mass is 418 g/mol. The summed E-state index contributed by atoms with van der Waals surface area (Å²) in [6.07, 6.45) is 0.793. The van der Waals surface area contributed by atoms with Crippen LogP contribution in [0.2, 0.25) is 0 Å². The van der Waals surface area contributed by atoms with E-state index in [0.717, 1.165) is 32.8 Å². The van der Waals surface area contributed by atoms with Crippen molar-refractivity contribution in [2.75, 3.05) is 11.1 Å². The molecule has 1 aliphatic heterocycles. The zero-order valence-electron chi connectivity index (χ0n) is 15.1. The molecule has 0 bridgehead atoms. The molecule has 1 aromatic carbocycles. The van der Waals surface area contributed by atoms with Crippen LogP contribution in [0.5, 0.6) is 0 Å². The summed E-state index contributed by atoms with van der Waals surface area (Å²) in [5.41, 5.74) is 2.86. The first-order valence-electron chi connectivity index (χ1n) is 8.47. The number of thioether (sulfide) groups is 2. The van der Waals surface area contributed by atoms with Crippen molar-refractivity contribution in [2.45, 2.75) is 35.6 Å². The van der Waals surface area contributed by atoms with E-state index in [-0.39, 0.29) is 17.2 Å². The van der Waals surface area contributed by atoms with E-state index in [2.05, 4.69) is 28.3 Å². The quantitative estimate of drug-likeness (QED) is 0.516. The van der Waals surface area contributed by atoms with Crippen molar-refractivity contribution in [2.24, 2.45) is 7.05 Å². The Bertz CT molecular complexity index is 1110. The average molecular weight is 419 g/mol. The van der Waals surface area contributed by atoms with Gasteiger partial charge in [-0.2, -0.15) is 0 Å². The Labute approximate surface area is 168 Å². The van der Waals surface area contributed by atoms with E-state index in [0.29, 0.717) is 15.5 Å². The minimum absolute atomic E-state index is 0.0289. The molecule has 0 saturated heterocycles. The van der Waals surface area contributed by atoms with E-state index in [4.69, 9.17) is 0 Å². The zero-order valence-corrected chi connectivity index (χ0v) is 17.6. The minimum Gasteiger partial charge on any atom is -0.301 e. The molecule has 0 unspecified atom stereocenters. The number of hydrogen-bond donors (Lipinski definition) is 1. The van der Waals surface area contributed by atoms with E-state index in [9.17, 15) is 9.59 Å². The van der Waals surface area contributed by atoms with Crippen LogP contribution in [0.1, 0.15) is 18.2 Å². The highest BCUT2D eigenvalue weighted by molar-refractivity contribution is 8.00. The highest BCUT2D eigenvalue weighted by atomic mass is 32.2. The van der Waals surface area contributed by atoms with Gasteiger partial charge in [0.15, 0.2) is 10.3 Å². The van der Waals surface area contributed by atoms with Crippen LogP contribution in [-0.4, -0.2) is 31.4 Å². The van der Waals surface area contributed by atoms with E-state index in [1.165, 1.54) is 27.7 Å². The number of anilines is 1. The summed E-state index contributed by atoms with van der Waals surface area (Å²) in [6, 6.07) is 6.01. The third kappa shape index (κ3) is 3.76. The average Bonchev–Trinajstić information content (AvgIpc) is 3.18. The summed E-state index contributed by atoms with van der Waals surface area (Å²) < 4.78 is 2.58. The van der Waals surface area contributed by atoms with Crippen molar-refractivity contribution in [1.29, 1.82) is 0 Å². The van der Waals surface area contributed by atoms with E-state index < -0.39 is 0 Å². The van der Waals surface area contributed by atoms with Gasteiger partial charge in [0.05, 0.1) is 26.6 Å². The van der Waals surface area contributed by atoms with Crippen molar-refractivity contribution >= 4 is 56.1 Å². The standard InChI is InChI=1S/C18H18N4O2S3/c1-9-4-5-11-13(6-9)27-17(19-11)21-14(23)8-25-18-20-12-7-10(2)26-15(12)16(24)22(18)3/h4-6,10H,7-8H2,1-3H3,(H,19,21,23)/t10-/m0/s1. The maximum atomic E-state index is 12.5. The molecule has 2 aromatic heterocycles. The number of aromatic nitrogens is 3. The van der Waals surface area contributed by atoms with Gasteiger partial charge >= 0.3 is 0 Å². The highest BCUT2D eigenvalue weighted by Gasteiger charge is 2.25. The van der Waals surface area contributed by atoms with Crippen molar-refractivity contribution in [3.05, 3.63) is 39.8 Å². The number of fused-ring (bicyclic) bond motifs is 2. The predicted octanol–water partition coefficient (Wildman–Crippen LogP) is 3.47. The Morgan fingerprint density at radius 1 is 1.41 bits per heavy atom.